The van der Waals surface area contributed by atoms with E-state index < -0.39 is 16.8 Å². The molecular formula is C19H21NO3S. The van der Waals surface area contributed by atoms with Gasteiger partial charge in [0.1, 0.15) is 0 Å². The Morgan fingerprint density at radius 2 is 1.62 bits per heavy atom. The predicted molar refractivity (Wildman–Crippen MR) is 96.0 cm³/mol. The molecule has 0 unspecified atom stereocenters. The molecule has 2 N–H and O–H groups in total. The molecule has 0 aromatic heterocycles. The maximum absolute atomic E-state index is 12.6. The summed E-state index contributed by atoms with van der Waals surface area (Å²) < 4.78 is 0. The van der Waals surface area contributed by atoms with Crippen LogP contribution in [0.2, 0.25) is 0 Å². The maximum Gasteiger partial charge on any atom is 0.334 e. The van der Waals surface area contributed by atoms with Crippen LogP contribution in [0.4, 0.5) is 0 Å². The molecule has 24 heavy (non-hydrogen) atoms. The van der Waals surface area contributed by atoms with Crippen LogP contribution in [0.3, 0.4) is 0 Å². The Bertz CT molecular complexity index is 690. The van der Waals surface area contributed by atoms with E-state index in [4.69, 9.17) is 0 Å². The molecule has 0 spiro atoms. The monoisotopic (exact) mass is 343 g/mol. The third-order valence-corrected chi connectivity index (χ3v) is 5.04. The minimum Gasteiger partial charge on any atom is -0.479 e. The molecule has 4 nitrogen and oxygen atoms in total. The Morgan fingerprint density at radius 3 is 2.12 bits per heavy atom. The number of thioether (sulfide) groups is 1. The molecule has 2 aromatic carbocycles. The summed E-state index contributed by atoms with van der Waals surface area (Å²) in [6.45, 7) is 3.54. The number of nitrogens with one attached hydrogen (secondary N) is 1. The SMILES string of the molecule is CC[C@](NC(=O)[C@@H](C)Sc1ccccc1)(C(=O)O)c1ccccc1. The molecule has 0 aliphatic rings. The second-order valence-electron chi connectivity index (χ2n) is 5.49. The summed E-state index contributed by atoms with van der Waals surface area (Å²) in [5.74, 6) is -1.35. The molecule has 0 aliphatic carbocycles. The lowest BCUT2D eigenvalue weighted by molar-refractivity contribution is -0.148. The van der Waals surface area contributed by atoms with E-state index in [1.165, 1.54) is 11.8 Å². The van der Waals surface area contributed by atoms with E-state index >= 15 is 0 Å². The first kappa shape index (κ1) is 18.1. The number of carbonyl (C=O) groups excluding carboxylic acids is 1. The van der Waals surface area contributed by atoms with Crippen LogP contribution in [0, 0.1) is 0 Å². The summed E-state index contributed by atoms with van der Waals surface area (Å²) in [5, 5.41) is 12.1. The Balaban J connectivity index is 2.20. The molecule has 0 aliphatic heterocycles. The molecular weight excluding hydrogens is 322 g/mol. The number of carboxylic acids is 1. The number of aliphatic carboxylic acids is 1. The van der Waals surface area contributed by atoms with Gasteiger partial charge in [0, 0.05) is 4.90 Å². The van der Waals surface area contributed by atoms with Gasteiger partial charge in [-0.1, -0.05) is 55.5 Å². The lowest BCUT2D eigenvalue weighted by atomic mass is 9.87. The van der Waals surface area contributed by atoms with E-state index in [1.807, 2.05) is 36.4 Å². The van der Waals surface area contributed by atoms with Gasteiger partial charge in [-0.05, 0) is 31.0 Å². The number of hydrogen-bond donors (Lipinski definition) is 2. The number of carboxylic acid groups (broad SMARTS) is 1. The second kappa shape index (κ2) is 8.02. The second-order valence-corrected chi connectivity index (χ2v) is 6.91. The third-order valence-electron chi connectivity index (χ3n) is 3.92. The van der Waals surface area contributed by atoms with Crippen LogP contribution in [0.15, 0.2) is 65.6 Å². The highest BCUT2D eigenvalue weighted by molar-refractivity contribution is 8.00. The maximum atomic E-state index is 12.6. The highest BCUT2D eigenvalue weighted by Gasteiger charge is 2.41. The van der Waals surface area contributed by atoms with Gasteiger partial charge in [-0.2, -0.15) is 0 Å². The number of benzene rings is 2. The van der Waals surface area contributed by atoms with Gasteiger partial charge in [0.25, 0.3) is 0 Å². The summed E-state index contributed by atoms with van der Waals surface area (Å²) in [7, 11) is 0. The molecule has 0 saturated heterocycles. The topological polar surface area (TPSA) is 66.4 Å². The summed E-state index contributed by atoms with van der Waals surface area (Å²) in [6.07, 6.45) is 0.265. The Kier molecular flexibility index (Phi) is 6.04. The van der Waals surface area contributed by atoms with Crippen molar-refractivity contribution >= 4 is 23.6 Å². The predicted octanol–water partition coefficient (Wildman–Crippen LogP) is 3.67. The summed E-state index contributed by atoms with van der Waals surface area (Å²) in [6, 6.07) is 18.4. The van der Waals surface area contributed by atoms with E-state index in [0.29, 0.717) is 5.56 Å². The van der Waals surface area contributed by atoms with Gasteiger partial charge in [-0.15, -0.1) is 11.8 Å². The summed E-state index contributed by atoms with van der Waals surface area (Å²) in [5.41, 5.74) is -0.839. The van der Waals surface area contributed by atoms with Gasteiger partial charge in [-0.25, -0.2) is 4.79 Å². The molecule has 0 heterocycles. The molecule has 2 atom stereocenters. The van der Waals surface area contributed by atoms with Crippen LogP contribution in [0.1, 0.15) is 25.8 Å². The Labute approximate surface area is 146 Å². The van der Waals surface area contributed by atoms with Gasteiger partial charge >= 0.3 is 5.97 Å². The highest BCUT2D eigenvalue weighted by atomic mass is 32.2. The zero-order valence-electron chi connectivity index (χ0n) is 13.7. The van der Waals surface area contributed by atoms with Gasteiger partial charge in [0.2, 0.25) is 5.91 Å². The van der Waals surface area contributed by atoms with Crippen molar-refractivity contribution in [3.05, 3.63) is 66.2 Å². The van der Waals surface area contributed by atoms with E-state index in [2.05, 4.69) is 5.32 Å². The van der Waals surface area contributed by atoms with Crippen molar-refractivity contribution in [3.63, 3.8) is 0 Å². The Hall–Kier alpha value is -2.27. The zero-order chi connectivity index (χ0) is 17.6. The van der Waals surface area contributed by atoms with Crippen LogP contribution in [0.5, 0.6) is 0 Å². The first-order chi connectivity index (χ1) is 11.5. The quantitative estimate of drug-likeness (QED) is 0.753. The fourth-order valence-corrected chi connectivity index (χ4v) is 3.37. The number of rotatable bonds is 7. The van der Waals surface area contributed by atoms with E-state index in [-0.39, 0.29) is 12.3 Å². The molecule has 0 bridgehead atoms. The van der Waals surface area contributed by atoms with Crippen LogP contribution < -0.4 is 5.32 Å². The fraction of sp³-hybridized carbons (Fsp3) is 0.263. The summed E-state index contributed by atoms with van der Waals surface area (Å²) in [4.78, 5) is 25.5. The van der Waals surface area contributed by atoms with E-state index in [1.54, 1.807) is 38.1 Å². The first-order valence-corrected chi connectivity index (χ1v) is 8.70. The van der Waals surface area contributed by atoms with Gasteiger partial charge < -0.3 is 10.4 Å². The molecule has 1 amide bonds. The lowest BCUT2D eigenvalue weighted by Crippen LogP contribution is -2.53. The minimum absolute atomic E-state index is 0.265. The lowest BCUT2D eigenvalue weighted by Gasteiger charge is -2.31. The van der Waals surface area contributed by atoms with Crippen LogP contribution >= 0.6 is 11.8 Å². The molecule has 0 radical (unpaired) electrons. The van der Waals surface area contributed by atoms with E-state index in [0.717, 1.165) is 4.90 Å². The summed E-state index contributed by atoms with van der Waals surface area (Å²) >= 11 is 1.40. The third kappa shape index (κ3) is 3.97. The molecule has 0 saturated carbocycles. The van der Waals surface area contributed by atoms with Crippen molar-refractivity contribution in [1.29, 1.82) is 0 Å². The minimum atomic E-state index is -1.41. The average molecular weight is 343 g/mol. The van der Waals surface area contributed by atoms with Crippen LogP contribution in [-0.2, 0) is 15.1 Å². The number of carbonyl (C=O) groups is 2. The van der Waals surface area contributed by atoms with Crippen molar-refractivity contribution in [3.8, 4) is 0 Å². The molecule has 5 heteroatoms. The molecule has 126 valence electrons. The zero-order valence-corrected chi connectivity index (χ0v) is 14.5. The standard InChI is InChI=1S/C19H21NO3S/c1-3-19(18(22)23,15-10-6-4-7-11-15)20-17(21)14(2)24-16-12-8-5-9-13-16/h4-14H,3H2,1-2H3,(H,20,21)(H,22,23)/t14-,19-/m1/s1. The van der Waals surface area contributed by atoms with Crippen molar-refractivity contribution in [2.45, 2.75) is 36.0 Å². The van der Waals surface area contributed by atoms with Crippen LogP contribution in [-0.4, -0.2) is 22.2 Å². The van der Waals surface area contributed by atoms with Crippen LogP contribution in [0.25, 0.3) is 0 Å². The largest absolute Gasteiger partial charge is 0.479 e. The average Bonchev–Trinajstić information content (AvgIpc) is 2.60. The molecule has 0 fully saturated rings. The van der Waals surface area contributed by atoms with Gasteiger partial charge in [0.15, 0.2) is 5.54 Å². The molecule has 2 rings (SSSR count). The Morgan fingerprint density at radius 1 is 1.08 bits per heavy atom. The number of hydrogen-bond acceptors (Lipinski definition) is 3. The first-order valence-electron chi connectivity index (χ1n) is 7.82. The van der Waals surface area contributed by atoms with Crippen molar-refractivity contribution < 1.29 is 14.7 Å². The van der Waals surface area contributed by atoms with Gasteiger partial charge in [-0.3, -0.25) is 4.79 Å². The number of amides is 1. The van der Waals surface area contributed by atoms with Gasteiger partial charge in [0.05, 0.1) is 5.25 Å². The van der Waals surface area contributed by atoms with Crippen molar-refractivity contribution in [2.75, 3.05) is 0 Å². The fourth-order valence-electron chi connectivity index (χ4n) is 2.48. The van der Waals surface area contributed by atoms with Crippen molar-refractivity contribution in [2.24, 2.45) is 0 Å². The highest BCUT2D eigenvalue weighted by Crippen LogP contribution is 2.28. The smallest absolute Gasteiger partial charge is 0.334 e. The van der Waals surface area contributed by atoms with E-state index in [9.17, 15) is 14.7 Å². The van der Waals surface area contributed by atoms with Crippen molar-refractivity contribution in [1.82, 2.24) is 5.32 Å². The molecule has 2 aromatic rings. The normalized spacial score (nSPS) is 14.4.